The minimum absolute atomic E-state index is 0.000810. The second-order valence-corrected chi connectivity index (χ2v) is 7.77. The van der Waals surface area contributed by atoms with Crippen molar-refractivity contribution in [3.8, 4) is 11.5 Å². The van der Waals surface area contributed by atoms with Gasteiger partial charge in [-0.05, 0) is 49.6 Å². The smallest absolute Gasteiger partial charge is 0.261 e. The SMILES string of the molecule is COc1cc(C)ccc1OCC(=O)N1CCCC1c1nc2ccccc2s1. The van der Waals surface area contributed by atoms with E-state index in [2.05, 4.69) is 6.07 Å². The lowest BCUT2D eigenvalue weighted by Crippen LogP contribution is -2.34. The van der Waals surface area contributed by atoms with E-state index in [1.807, 2.05) is 48.2 Å². The summed E-state index contributed by atoms with van der Waals surface area (Å²) in [4.78, 5) is 19.5. The molecule has 1 aromatic heterocycles. The zero-order chi connectivity index (χ0) is 18.8. The number of thiazole rings is 1. The molecule has 6 heteroatoms. The van der Waals surface area contributed by atoms with E-state index in [1.165, 1.54) is 0 Å². The number of para-hydroxylation sites is 1. The third-order valence-electron chi connectivity index (χ3n) is 4.84. The van der Waals surface area contributed by atoms with Crippen LogP contribution in [0.25, 0.3) is 10.2 Å². The second-order valence-electron chi connectivity index (χ2n) is 6.71. The summed E-state index contributed by atoms with van der Waals surface area (Å²) >= 11 is 1.67. The molecule has 2 aromatic carbocycles. The molecule has 0 N–H and O–H groups in total. The van der Waals surface area contributed by atoms with E-state index in [0.717, 1.165) is 40.2 Å². The van der Waals surface area contributed by atoms with Crippen molar-refractivity contribution in [3.63, 3.8) is 0 Å². The van der Waals surface area contributed by atoms with Gasteiger partial charge in [0, 0.05) is 6.54 Å². The Bertz CT molecular complexity index is 936. The van der Waals surface area contributed by atoms with Gasteiger partial charge in [-0.3, -0.25) is 4.79 Å². The molecule has 1 saturated heterocycles. The molecule has 1 aliphatic heterocycles. The molecule has 0 spiro atoms. The van der Waals surface area contributed by atoms with Crippen LogP contribution in [0.1, 0.15) is 29.5 Å². The Morgan fingerprint density at radius 1 is 1.26 bits per heavy atom. The number of aryl methyl sites for hydroxylation is 1. The number of carbonyl (C=O) groups is 1. The fourth-order valence-electron chi connectivity index (χ4n) is 3.47. The molecule has 1 atom stereocenters. The van der Waals surface area contributed by atoms with Gasteiger partial charge in [0.2, 0.25) is 0 Å². The second kappa shape index (κ2) is 7.56. The molecule has 2 heterocycles. The predicted octanol–water partition coefficient (Wildman–Crippen LogP) is 4.36. The molecule has 3 aromatic rings. The van der Waals surface area contributed by atoms with Gasteiger partial charge in [-0.1, -0.05) is 18.2 Å². The molecule has 140 valence electrons. The molecule has 4 rings (SSSR count). The number of methoxy groups -OCH3 is 1. The van der Waals surface area contributed by atoms with Crippen molar-refractivity contribution in [1.82, 2.24) is 9.88 Å². The molecule has 5 nitrogen and oxygen atoms in total. The summed E-state index contributed by atoms with van der Waals surface area (Å²) in [6.07, 6.45) is 1.93. The maximum Gasteiger partial charge on any atom is 0.261 e. The lowest BCUT2D eigenvalue weighted by molar-refractivity contribution is -0.134. The largest absolute Gasteiger partial charge is 0.493 e. The van der Waals surface area contributed by atoms with E-state index in [4.69, 9.17) is 14.5 Å². The number of fused-ring (bicyclic) bond motifs is 1. The topological polar surface area (TPSA) is 51.7 Å². The van der Waals surface area contributed by atoms with Gasteiger partial charge in [0.15, 0.2) is 18.1 Å². The molecule has 27 heavy (non-hydrogen) atoms. The molecular weight excluding hydrogens is 360 g/mol. The van der Waals surface area contributed by atoms with E-state index in [-0.39, 0.29) is 18.6 Å². The molecule has 1 fully saturated rings. The predicted molar refractivity (Wildman–Crippen MR) is 107 cm³/mol. The maximum atomic E-state index is 12.8. The van der Waals surface area contributed by atoms with Crippen LogP contribution in [0.5, 0.6) is 11.5 Å². The number of hydrogen-bond donors (Lipinski definition) is 0. The van der Waals surface area contributed by atoms with Gasteiger partial charge in [0.25, 0.3) is 5.91 Å². The summed E-state index contributed by atoms with van der Waals surface area (Å²) in [6.45, 7) is 2.74. The molecular formula is C21H22N2O3S. The highest BCUT2D eigenvalue weighted by Crippen LogP contribution is 2.36. The first kappa shape index (κ1) is 17.8. The molecule has 0 aliphatic carbocycles. The Morgan fingerprint density at radius 2 is 2.11 bits per heavy atom. The fraction of sp³-hybridized carbons (Fsp3) is 0.333. The number of hydrogen-bond acceptors (Lipinski definition) is 5. The van der Waals surface area contributed by atoms with Crippen molar-refractivity contribution in [2.75, 3.05) is 20.3 Å². The zero-order valence-corrected chi connectivity index (χ0v) is 16.3. The van der Waals surface area contributed by atoms with E-state index in [1.54, 1.807) is 18.4 Å². The van der Waals surface area contributed by atoms with E-state index < -0.39 is 0 Å². The van der Waals surface area contributed by atoms with Crippen molar-refractivity contribution in [2.24, 2.45) is 0 Å². The number of likely N-dealkylation sites (tertiary alicyclic amines) is 1. The highest BCUT2D eigenvalue weighted by molar-refractivity contribution is 7.18. The van der Waals surface area contributed by atoms with Crippen molar-refractivity contribution < 1.29 is 14.3 Å². The first-order chi connectivity index (χ1) is 13.2. The summed E-state index contributed by atoms with van der Waals surface area (Å²) < 4.78 is 12.3. The minimum atomic E-state index is -0.0145. The number of rotatable bonds is 5. The lowest BCUT2D eigenvalue weighted by atomic mass is 10.2. The number of amides is 1. The summed E-state index contributed by atoms with van der Waals surface area (Å²) in [7, 11) is 1.60. The molecule has 1 amide bonds. The van der Waals surface area contributed by atoms with Gasteiger partial charge >= 0.3 is 0 Å². The third-order valence-corrected chi connectivity index (χ3v) is 5.98. The van der Waals surface area contributed by atoms with Crippen LogP contribution in [0.2, 0.25) is 0 Å². The average Bonchev–Trinajstić information content (AvgIpc) is 3.33. The molecule has 0 saturated carbocycles. The van der Waals surface area contributed by atoms with Gasteiger partial charge in [-0.25, -0.2) is 4.98 Å². The van der Waals surface area contributed by atoms with Crippen LogP contribution in [0, 0.1) is 6.92 Å². The Hall–Kier alpha value is -2.60. The van der Waals surface area contributed by atoms with E-state index in [9.17, 15) is 4.79 Å². The Balaban J connectivity index is 1.48. The van der Waals surface area contributed by atoms with Crippen LogP contribution in [0.15, 0.2) is 42.5 Å². The number of aromatic nitrogens is 1. The van der Waals surface area contributed by atoms with Crippen LogP contribution in [-0.4, -0.2) is 36.1 Å². The van der Waals surface area contributed by atoms with Gasteiger partial charge < -0.3 is 14.4 Å². The van der Waals surface area contributed by atoms with E-state index in [0.29, 0.717) is 11.5 Å². The van der Waals surface area contributed by atoms with Gasteiger partial charge in [0.1, 0.15) is 5.01 Å². The number of ether oxygens (including phenoxy) is 2. The van der Waals surface area contributed by atoms with Crippen LogP contribution in [-0.2, 0) is 4.79 Å². The molecule has 1 aliphatic rings. The third kappa shape index (κ3) is 3.62. The molecule has 1 unspecified atom stereocenters. The van der Waals surface area contributed by atoms with E-state index >= 15 is 0 Å². The van der Waals surface area contributed by atoms with Crippen LogP contribution >= 0.6 is 11.3 Å². The Kier molecular flexibility index (Phi) is 4.99. The fourth-order valence-corrected chi connectivity index (χ4v) is 4.59. The first-order valence-electron chi connectivity index (χ1n) is 9.08. The van der Waals surface area contributed by atoms with Gasteiger partial charge in [0.05, 0.1) is 23.4 Å². The van der Waals surface area contributed by atoms with Crippen LogP contribution < -0.4 is 9.47 Å². The summed E-state index contributed by atoms with van der Waals surface area (Å²) in [6, 6.07) is 13.8. The van der Waals surface area contributed by atoms with Crippen molar-refractivity contribution in [1.29, 1.82) is 0 Å². The summed E-state index contributed by atoms with van der Waals surface area (Å²) in [5.41, 5.74) is 2.08. The normalized spacial score (nSPS) is 16.7. The molecule has 0 radical (unpaired) electrons. The number of carbonyl (C=O) groups excluding carboxylic acids is 1. The minimum Gasteiger partial charge on any atom is -0.493 e. The van der Waals surface area contributed by atoms with Crippen molar-refractivity contribution >= 4 is 27.5 Å². The average molecular weight is 382 g/mol. The zero-order valence-electron chi connectivity index (χ0n) is 15.5. The van der Waals surface area contributed by atoms with Gasteiger partial charge in [-0.15, -0.1) is 11.3 Å². The number of benzene rings is 2. The van der Waals surface area contributed by atoms with Crippen molar-refractivity contribution in [2.45, 2.75) is 25.8 Å². The molecule has 0 bridgehead atoms. The standard InChI is InChI=1S/C21H22N2O3S/c1-14-9-10-17(18(12-14)25-2)26-13-20(24)23-11-5-7-16(23)21-22-15-6-3-4-8-19(15)27-21/h3-4,6,8-10,12,16H,5,7,11,13H2,1-2H3. The Morgan fingerprint density at radius 3 is 2.93 bits per heavy atom. The van der Waals surface area contributed by atoms with Crippen molar-refractivity contribution in [3.05, 3.63) is 53.0 Å². The Labute approximate surface area is 162 Å². The van der Waals surface area contributed by atoms with Gasteiger partial charge in [-0.2, -0.15) is 0 Å². The van der Waals surface area contributed by atoms with Crippen LogP contribution in [0.4, 0.5) is 0 Å². The number of nitrogens with zero attached hydrogens (tertiary/aromatic N) is 2. The first-order valence-corrected chi connectivity index (χ1v) is 9.90. The van der Waals surface area contributed by atoms with Crippen LogP contribution in [0.3, 0.4) is 0 Å². The monoisotopic (exact) mass is 382 g/mol. The highest BCUT2D eigenvalue weighted by Gasteiger charge is 2.32. The lowest BCUT2D eigenvalue weighted by Gasteiger charge is -2.23. The summed E-state index contributed by atoms with van der Waals surface area (Å²) in [5, 5.41) is 1.01. The quantitative estimate of drug-likeness (QED) is 0.658. The summed E-state index contributed by atoms with van der Waals surface area (Å²) in [5.74, 6) is 1.22. The highest BCUT2D eigenvalue weighted by atomic mass is 32.1. The maximum absolute atomic E-state index is 12.8.